The Hall–Kier alpha value is -2.91. The van der Waals surface area contributed by atoms with Gasteiger partial charge < -0.3 is 9.32 Å². The molecule has 2 heterocycles. The number of benzene rings is 2. The Morgan fingerprint density at radius 2 is 1.80 bits per heavy atom. The van der Waals surface area contributed by atoms with Crippen LogP contribution in [-0.4, -0.2) is 42.9 Å². The van der Waals surface area contributed by atoms with E-state index in [1.165, 1.54) is 28.3 Å². The van der Waals surface area contributed by atoms with Gasteiger partial charge in [-0.15, -0.1) is 0 Å². The highest BCUT2D eigenvalue weighted by Gasteiger charge is 2.32. The van der Waals surface area contributed by atoms with Gasteiger partial charge in [0, 0.05) is 26.2 Å². The fourth-order valence-electron chi connectivity index (χ4n) is 4.73. The van der Waals surface area contributed by atoms with Crippen LogP contribution in [0.15, 0.2) is 62.6 Å². The zero-order chi connectivity index (χ0) is 25.2. The van der Waals surface area contributed by atoms with Crippen molar-refractivity contribution < 1.29 is 17.6 Å². The normalized spacial score (nSPS) is 16.2. The molecule has 0 saturated carbocycles. The molecule has 0 spiro atoms. The van der Waals surface area contributed by atoms with Crippen molar-refractivity contribution in [3.05, 3.63) is 64.6 Å². The van der Waals surface area contributed by atoms with Crippen LogP contribution in [0.4, 0.5) is 0 Å². The molecule has 1 aliphatic heterocycles. The minimum absolute atomic E-state index is 0.0394. The molecular weight excluding hydrogens is 466 g/mol. The number of nitrogens with one attached hydrogen (secondary N) is 1. The van der Waals surface area contributed by atoms with E-state index in [9.17, 15) is 18.0 Å². The number of fused-ring (bicyclic) bond motifs is 1. The lowest BCUT2D eigenvalue weighted by molar-refractivity contribution is -0.134. The van der Waals surface area contributed by atoms with Gasteiger partial charge >= 0.3 is 5.76 Å². The van der Waals surface area contributed by atoms with Crippen molar-refractivity contribution in [2.45, 2.75) is 50.5 Å². The minimum Gasteiger partial charge on any atom is -0.408 e. The molecule has 8 nitrogen and oxygen atoms in total. The van der Waals surface area contributed by atoms with Crippen LogP contribution in [0, 0.1) is 11.8 Å². The molecule has 2 aromatic carbocycles. The number of carbonyl (C=O) groups excluding carboxylic acids is 1. The van der Waals surface area contributed by atoms with Gasteiger partial charge in [-0.2, -0.15) is 4.72 Å². The van der Waals surface area contributed by atoms with E-state index in [1.54, 1.807) is 11.9 Å². The Morgan fingerprint density at radius 3 is 2.46 bits per heavy atom. The largest absolute Gasteiger partial charge is 0.419 e. The maximum Gasteiger partial charge on any atom is 0.419 e. The van der Waals surface area contributed by atoms with Gasteiger partial charge in [0.1, 0.15) is 6.04 Å². The molecule has 9 heteroatoms. The van der Waals surface area contributed by atoms with Crippen molar-refractivity contribution in [3.8, 4) is 0 Å². The third kappa shape index (κ3) is 5.85. The van der Waals surface area contributed by atoms with E-state index in [4.69, 9.17) is 4.42 Å². The van der Waals surface area contributed by atoms with Gasteiger partial charge in [0.05, 0.1) is 10.4 Å². The van der Waals surface area contributed by atoms with Crippen LogP contribution in [0.5, 0.6) is 0 Å². The van der Waals surface area contributed by atoms with Crippen molar-refractivity contribution >= 4 is 27.0 Å². The first kappa shape index (κ1) is 25.2. The molecule has 1 unspecified atom stereocenters. The van der Waals surface area contributed by atoms with Crippen molar-refractivity contribution in [2.75, 3.05) is 13.1 Å². The fraction of sp³-hybridized carbons (Fsp3) is 0.462. The lowest BCUT2D eigenvalue weighted by atomic mass is 9.90. The van der Waals surface area contributed by atoms with E-state index in [1.807, 2.05) is 32.0 Å². The molecule has 1 aliphatic rings. The highest BCUT2D eigenvalue weighted by atomic mass is 32.2. The Balaban J connectivity index is 1.46. The van der Waals surface area contributed by atoms with E-state index in [0.717, 1.165) is 19.3 Å². The van der Waals surface area contributed by atoms with Gasteiger partial charge in [-0.05, 0) is 55.2 Å². The van der Waals surface area contributed by atoms with Crippen LogP contribution >= 0.6 is 0 Å². The Morgan fingerprint density at radius 1 is 1.11 bits per heavy atom. The average molecular weight is 500 g/mol. The first-order valence-electron chi connectivity index (χ1n) is 12.1. The quantitative estimate of drug-likeness (QED) is 0.512. The lowest BCUT2D eigenvalue weighted by Crippen LogP contribution is -2.51. The highest BCUT2D eigenvalue weighted by Crippen LogP contribution is 2.24. The van der Waals surface area contributed by atoms with Gasteiger partial charge in [-0.3, -0.25) is 9.36 Å². The van der Waals surface area contributed by atoms with Crippen LogP contribution in [-0.2, 0) is 28.3 Å². The summed E-state index contributed by atoms with van der Waals surface area (Å²) in [6, 6.07) is 13.8. The predicted molar refractivity (Wildman–Crippen MR) is 134 cm³/mol. The number of sulfonamides is 1. The third-order valence-electron chi connectivity index (χ3n) is 6.67. The molecular formula is C26H33N3O5S. The number of rotatable bonds is 8. The van der Waals surface area contributed by atoms with Crippen LogP contribution in [0.25, 0.3) is 11.1 Å². The van der Waals surface area contributed by atoms with Crippen LogP contribution in [0.3, 0.4) is 0 Å². The average Bonchev–Trinajstić information content (AvgIpc) is 3.11. The second kappa shape index (κ2) is 10.4. The van der Waals surface area contributed by atoms with Gasteiger partial charge in [0.15, 0.2) is 5.58 Å². The van der Waals surface area contributed by atoms with Crippen molar-refractivity contribution in [1.29, 1.82) is 0 Å². The fourth-order valence-corrected chi connectivity index (χ4v) is 5.95. The number of aryl methyl sites for hydroxylation is 1. The molecule has 4 rings (SSSR count). The number of oxazole rings is 1. The zero-order valence-corrected chi connectivity index (χ0v) is 21.3. The van der Waals surface area contributed by atoms with Crippen LogP contribution in [0.2, 0.25) is 0 Å². The standard InChI is InChI=1S/C26H33N3O5S/c1-18(2)15-22(25(30)29-13-11-20(12-14-29)16-19-7-5-4-6-8-19)27-35(32,33)21-9-10-23-24(17-21)34-26(31)28(23)3/h4-10,17-18,20,22,27H,11-16H2,1-3H3. The number of likely N-dealkylation sites (tertiary alicyclic amines) is 1. The molecule has 1 N–H and O–H groups in total. The van der Waals surface area contributed by atoms with E-state index in [0.29, 0.717) is 30.9 Å². The number of carbonyl (C=O) groups is 1. The van der Waals surface area contributed by atoms with E-state index in [2.05, 4.69) is 16.9 Å². The second-order valence-corrected chi connectivity index (χ2v) is 11.5. The monoisotopic (exact) mass is 499 g/mol. The van der Waals surface area contributed by atoms with Crippen molar-refractivity contribution in [2.24, 2.45) is 18.9 Å². The van der Waals surface area contributed by atoms with Gasteiger partial charge in [-0.1, -0.05) is 44.2 Å². The third-order valence-corrected chi connectivity index (χ3v) is 8.14. The second-order valence-electron chi connectivity index (χ2n) is 9.82. The summed E-state index contributed by atoms with van der Waals surface area (Å²) < 4.78 is 35.5. The molecule has 3 aromatic rings. The molecule has 1 aromatic heterocycles. The summed E-state index contributed by atoms with van der Waals surface area (Å²) in [4.78, 5) is 26.9. The molecule has 1 amide bonds. The molecule has 1 fully saturated rings. The molecule has 0 radical (unpaired) electrons. The molecule has 35 heavy (non-hydrogen) atoms. The number of nitrogens with zero attached hydrogens (tertiary/aromatic N) is 2. The van der Waals surface area contributed by atoms with Crippen LogP contribution in [0.1, 0.15) is 38.7 Å². The van der Waals surface area contributed by atoms with Crippen molar-refractivity contribution in [3.63, 3.8) is 0 Å². The summed E-state index contributed by atoms with van der Waals surface area (Å²) in [5.41, 5.74) is 1.99. The molecule has 1 saturated heterocycles. The number of hydrogen-bond donors (Lipinski definition) is 1. The topological polar surface area (TPSA) is 102 Å². The predicted octanol–water partition coefficient (Wildman–Crippen LogP) is 3.31. The summed E-state index contributed by atoms with van der Waals surface area (Å²) in [5.74, 6) is -0.121. The Kier molecular flexibility index (Phi) is 7.47. The zero-order valence-electron chi connectivity index (χ0n) is 20.4. The maximum absolute atomic E-state index is 13.4. The molecule has 0 bridgehead atoms. The SMILES string of the molecule is CC(C)CC(NS(=O)(=O)c1ccc2c(c1)oc(=O)n2C)C(=O)N1CCC(Cc2ccccc2)CC1. The summed E-state index contributed by atoms with van der Waals surface area (Å²) >= 11 is 0. The van der Waals surface area contributed by atoms with E-state index < -0.39 is 21.8 Å². The smallest absolute Gasteiger partial charge is 0.408 e. The lowest BCUT2D eigenvalue weighted by Gasteiger charge is -2.35. The molecule has 0 aliphatic carbocycles. The van der Waals surface area contributed by atoms with Gasteiger partial charge in [-0.25, -0.2) is 13.2 Å². The number of piperidine rings is 1. The van der Waals surface area contributed by atoms with Gasteiger partial charge in [0.2, 0.25) is 15.9 Å². The summed E-state index contributed by atoms with van der Waals surface area (Å²) in [6.07, 6.45) is 3.17. The maximum atomic E-state index is 13.4. The first-order chi connectivity index (χ1) is 16.6. The van der Waals surface area contributed by atoms with E-state index >= 15 is 0 Å². The number of amides is 1. The number of aromatic nitrogens is 1. The Labute approximate surface area is 206 Å². The summed E-state index contributed by atoms with van der Waals surface area (Å²) in [7, 11) is -2.45. The summed E-state index contributed by atoms with van der Waals surface area (Å²) in [5, 5.41) is 0. The first-order valence-corrected chi connectivity index (χ1v) is 13.6. The molecule has 1 atom stereocenters. The molecule has 188 valence electrons. The highest BCUT2D eigenvalue weighted by molar-refractivity contribution is 7.89. The van der Waals surface area contributed by atoms with Crippen molar-refractivity contribution in [1.82, 2.24) is 14.2 Å². The van der Waals surface area contributed by atoms with Gasteiger partial charge in [0.25, 0.3) is 0 Å². The summed E-state index contributed by atoms with van der Waals surface area (Å²) in [6.45, 7) is 5.16. The number of hydrogen-bond acceptors (Lipinski definition) is 5. The van der Waals surface area contributed by atoms with E-state index in [-0.39, 0.29) is 22.3 Å². The minimum atomic E-state index is -4.00. The van der Waals surface area contributed by atoms with Crippen LogP contribution < -0.4 is 10.5 Å². The Bertz CT molecular complexity index is 1340.